The minimum absolute atomic E-state index is 0.0623. The molecule has 0 aliphatic carbocycles. The highest BCUT2D eigenvalue weighted by atomic mass is 19.1. The first-order valence-electron chi connectivity index (χ1n) is 16.1. The number of carbonyl (C=O) groups is 1. The van der Waals surface area contributed by atoms with Gasteiger partial charge in [0.1, 0.15) is 17.9 Å². The molecule has 10 nitrogen and oxygen atoms in total. The summed E-state index contributed by atoms with van der Waals surface area (Å²) in [6, 6.07) is 4.45. The monoisotopic (exact) mass is 613 g/mol. The fourth-order valence-corrected chi connectivity index (χ4v) is 6.90. The van der Waals surface area contributed by atoms with E-state index in [4.69, 9.17) is 9.47 Å². The highest BCUT2D eigenvalue weighted by Gasteiger charge is 2.50. The molecule has 2 aliphatic heterocycles. The van der Waals surface area contributed by atoms with Crippen molar-refractivity contribution in [3.05, 3.63) is 35.9 Å². The quantitative estimate of drug-likeness (QED) is 0.277. The van der Waals surface area contributed by atoms with Gasteiger partial charge in [-0.1, -0.05) is 13.8 Å². The van der Waals surface area contributed by atoms with Crippen LogP contribution < -0.4 is 9.64 Å². The van der Waals surface area contributed by atoms with Crippen LogP contribution in [0.1, 0.15) is 71.2 Å². The molecular formula is C33H52FN7O3. The maximum absolute atomic E-state index is 14.4. The molecule has 1 aromatic heterocycles. The molecule has 0 unspecified atom stereocenters. The Morgan fingerprint density at radius 3 is 2.48 bits per heavy atom. The molecular weight excluding hydrogens is 561 g/mol. The fourth-order valence-electron chi connectivity index (χ4n) is 6.90. The molecule has 0 saturated carbocycles. The molecule has 2 aliphatic rings. The zero-order valence-electron chi connectivity index (χ0n) is 27.9. The first kappa shape index (κ1) is 34.0. The van der Waals surface area contributed by atoms with Crippen LogP contribution in [0.25, 0.3) is 0 Å². The lowest BCUT2D eigenvalue weighted by Gasteiger charge is -2.53. The second-order valence-electron chi connectivity index (χ2n) is 13.6. The Balaban J connectivity index is 1.43. The molecule has 1 amide bonds. The number of hydrogen-bond donors (Lipinski definition) is 0. The highest BCUT2D eigenvalue weighted by molar-refractivity contribution is 5.97. The molecule has 3 heterocycles. The lowest BCUT2D eigenvalue weighted by Crippen LogP contribution is -2.62. The Morgan fingerprint density at radius 1 is 1.09 bits per heavy atom. The van der Waals surface area contributed by atoms with Crippen LogP contribution in [-0.4, -0.2) is 114 Å². The van der Waals surface area contributed by atoms with Crippen molar-refractivity contribution in [3.8, 4) is 11.6 Å². The number of likely N-dealkylation sites (tertiary alicyclic amines) is 1. The van der Waals surface area contributed by atoms with Gasteiger partial charge in [0.2, 0.25) is 0 Å². The molecule has 11 heteroatoms. The van der Waals surface area contributed by atoms with Crippen LogP contribution in [0.2, 0.25) is 0 Å². The number of anilines is 1. The van der Waals surface area contributed by atoms with E-state index in [9.17, 15) is 9.18 Å². The number of hydrogen-bond acceptors (Lipinski definition) is 9. The fraction of sp³-hybridized carbons (Fsp3) is 0.697. The van der Waals surface area contributed by atoms with Gasteiger partial charge in [0, 0.05) is 63.4 Å². The summed E-state index contributed by atoms with van der Waals surface area (Å²) in [7, 11) is 3.91. The maximum Gasteiger partial charge on any atom is 0.282 e. The normalized spacial score (nSPS) is 17.2. The van der Waals surface area contributed by atoms with Crippen molar-refractivity contribution < 1.29 is 18.7 Å². The molecule has 0 N–H and O–H groups in total. The van der Waals surface area contributed by atoms with Crippen LogP contribution in [0.15, 0.2) is 24.5 Å². The van der Waals surface area contributed by atoms with Gasteiger partial charge in [0.15, 0.2) is 5.82 Å². The molecule has 244 valence electrons. The van der Waals surface area contributed by atoms with E-state index in [1.54, 1.807) is 12.0 Å². The summed E-state index contributed by atoms with van der Waals surface area (Å²) in [6.45, 7) is 19.1. The number of nitrogens with zero attached hydrogens (tertiary/aromatic N) is 7. The van der Waals surface area contributed by atoms with Crippen molar-refractivity contribution in [3.63, 3.8) is 0 Å². The summed E-state index contributed by atoms with van der Waals surface area (Å²) in [4.78, 5) is 27.0. The summed E-state index contributed by atoms with van der Waals surface area (Å²) < 4.78 is 25.8. The van der Waals surface area contributed by atoms with Gasteiger partial charge in [-0.3, -0.25) is 9.69 Å². The molecule has 1 spiro atoms. The van der Waals surface area contributed by atoms with Crippen LogP contribution in [0.3, 0.4) is 0 Å². The molecule has 44 heavy (non-hydrogen) atoms. The number of rotatable bonds is 15. The number of carbonyl (C=O) groups excluding carboxylic acids is 1. The third kappa shape index (κ3) is 8.03. The van der Waals surface area contributed by atoms with Crippen molar-refractivity contribution in [1.82, 2.24) is 29.9 Å². The Labute approximate surface area is 262 Å². The molecule has 0 radical (unpaired) electrons. The van der Waals surface area contributed by atoms with Gasteiger partial charge in [0.25, 0.3) is 11.8 Å². The lowest BCUT2D eigenvalue weighted by molar-refractivity contribution is -0.0345. The number of likely N-dealkylation sites (N-methyl/N-ethyl adjacent to an activating group) is 1. The third-order valence-electron chi connectivity index (χ3n) is 9.07. The summed E-state index contributed by atoms with van der Waals surface area (Å²) in [5, 5.41) is 8.24. The summed E-state index contributed by atoms with van der Waals surface area (Å²) >= 11 is 0. The first-order chi connectivity index (χ1) is 20.9. The number of halogens is 1. The second-order valence-corrected chi connectivity index (χ2v) is 13.6. The van der Waals surface area contributed by atoms with Crippen LogP contribution in [0.4, 0.5) is 10.2 Å². The van der Waals surface area contributed by atoms with Crippen LogP contribution in [-0.2, 0) is 4.74 Å². The minimum atomic E-state index is -0.500. The van der Waals surface area contributed by atoms with E-state index in [-0.39, 0.29) is 40.6 Å². The van der Waals surface area contributed by atoms with Gasteiger partial charge in [-0.05, 0) is 84.7 Å². The predicted molar refractivity (Wildman–Crippen MR) is 171 cm³/mol. The zero-order valence-corrected chi connectivity index (χ0v) is 27.9. The van der Waals surface area contributed by atoms with Crippen molar-refractivity contribution in [1.29, 1.82) is 0 Å². The summed E-state index contributed by atoms with van der Waals surface area (Å²) in [5.74, 6) is 0.859. The van der Waals surface area contributed by atoms with Gasteiger partial charge in [-0.2, -0.15) is 0 Å². The van der Waals surface area contributed by atoms with Crippen LogP contribution in [0.5, 0.6) is 11.6 Å². The van der Waals surface area contributed by atoms with Gasteiger partial charge in [-0.25, -0.2) is 9.37 Å². The summed E-state index contributed by atoms with van der Waals surface area (Å²) in [5.41, 5.74) is 0.359. The molecule has 2 aromatic rings. The first-order valence-corrected chi connectivity index (χ1v) is 16.1. The van der Waals surface area contributed by atoms with E-state index >= 15 is 0 Å². The Hall–Kier alpha value is -2.89. The molecule has 0 bridgehead atoms. The maximum atomic E-state index is 14.4. The second kappa shape index (κ2) is 14.9. The molecule has 2 fully saturated rings. The van der Waals surface area contributed by atoms with E-state index in [0.29, 0.717) is 17.8 Å². The summed E-state index contributed by atoms with van der Waals surface area (Å²) in [6.07, 6.45) is 4.85. The third-order valence-corrected chi connectivity index (χ3v) is 9.07. The minimum Gasteiger partial charge on any atom is -0.434 e. The van der Waals surface area contributed by atoms with Crippen molar-refractivity contribution in [2.24, 2.45) is 11.3 Å². The molecule has 1 aromatic carbocycles. The van der Waals surface area contributed by atoms with Gasteiger partial charge >= 0.3 is 0 Å². The van der Waals surface area contributed by atoms with Gasteiger partial charge in [-0.15, -0.1) is 10.2 Å². The number of amides is 1. The van der Waals surface area contributed by atoms with Gasteiger partial charge < -0.3 is 24.2 Å². The molecule has 1 atom stereocenters. The predicted octanol–water partition coefficient (Wildman–Crippen LogP) is 4.96. The highest BCUT2D eigenvalue weighted by Crippen LogP contribution is 2.44. The van der Waals surface area contributed by atoms with E-state index in [0.717, 1.165) is 52.3 Å². The molecule has 4 rings (SSSR count). The van der Waals surface area contributed by atoms with E-state index < -0.39 is 5.82 Å². The number of benzene rings is 1. The van der Waals surface area contributed by atoms with Crippen molar-refractivity contribution in [2.75, 3.05) is 64.9 Å². The Kier molecular flexibility index (Phi) is 11.5. The molecule has 2 saturated heterocycles. The number of ether oxygens (including phenoxy) is 2. The number of methoxy groups -OCH3 is 1. The zero-order chi connectivity index (χ0) is 32.0. The standard InChI is InChI=1S/C33H52FN7O3/c1-23(2)28(10-9-14-38(7)16-17-43-8)40-20-33(21-40)13-15-39(19-33)30-31(37-36-22-35-30)44-29-12-11-26(34)18-27(29)32(42)41(24(3)4)25(5)6/h11-12,18,22-25,28H,9-10,13-17,19-21H2,1-8H3/t28-/m0/s1. The lowest BCUT2D eigenvalue weighted by atomic mass is 9.76. The van der Waals surface area contributed by atoms with Gasteiger partial charge in [0.05, 0.1) is 12.2 Å². The smallest absolute Gasteiger partial charge is 0.282 e. The Morgan fingerprint density at radius 2 is 1.82 bits per heavy atom. The largest absolute Gasteiger partial charge is 0.434 e. The van der Waals surface area contributed by atoms with E-state index in [2.05, 4.69) is 50.8 Å². The Bertz CT molecular complexity index is 1230. The average molecular weight is 614 g/mol. The van der Waals surface area contributed by atoms with Crippen molar-refractivity contribution >= 4 is 11.7 Å². The average Bonchev–Trinajstić information content (AvgIpc) is 3.40. The van der Waals surface area contributed by atoms with E-state index in [1.807, 2.05) is 27.7 Å². The number of aromatic nitrogens is 3. The van der Waals surface area contributed by atoms with Crippen LogP contribution in [0, 0.1) is 17.2 Å². The van der Waals surface area contributed by atoms with Crippen LogP contribution >= 0.6 is 0 Å². The SMILES string of the molecule is COCCN(C)CCC[C@@H](C(C)C)N1CC2(CCN(c3ncnnc3Oc3ccc(F)cc3C(=O)N(C(C)C)C(C)C)C2)C1. The topological polar surface area (TPSA) is 87.2 Å². The van der Waals surface area contributed by atoms with E-state index in [1.165, 1.54) is 37.4 Å². The van der Waals surface area contributed by atoms with Crippen molar-refractivity contribution in [2.45, 2.75) is 78.9 Å².